The Bertz CT molecular complexity index is 562. The third-order valence-corrected chi connectivity index (χ3v) is 5.11. The van der Waals surface area contributed by atoms with E-state index in [9.17, 15) is 0 Å². The summed E-state index contributed by atoms with van der Waals surface area (Å²) in [5.74, 6) is 2.31. The van der Waals surface area contributed by atoms with Crippen LogP contribution < -0.4 is 15.4 Å². The maximum Gasteiger partial charge on any atom is 0.191 e. The van der Waals surface area contributed by atoms with E-state index in [0.29, 0.717) is 12.0 Å². The Morgan fingerprint density at radius 3 is 2.67 bits per heavy atom. The van der Waals surface area contributed by atoms with Crippen LogP contribution in [0, 0.1) is 5.92 Å². The minimum absolute atomic E-state index is 0.393. The van der Waals surface area contributed by atoms with Gasteiger partial charge in [0.15, 0.2) is 5.96 Å². The van der Waals surface area contributed by atoms with Gasteiger partial charge in [-0.15, -0.1) is 0 Å². The molecule has 1 saturated heterocycles. The topological polar surface area (TPSA) is 58.1 Å². The van der Waals surface area contributed by atoms with Crippen molar-refractivity contribution in [3.8, 4) is 5.75 Å². The van der Waals surface area contributed by atoms with Crippen LogP contribution in [-0.2, 0) is 4.74 Å². The number of ether oxygens (including phenoxy) is 2. The van der Waals surface area contributed by atoms with Crippen molar-refractivity contribution in [1.29, 1.82) is 0 Å². The number of hydrogen-bond donors (Lipinski definition) is 2. The maximum atomic E-state index is 5.31. The highest BCUT2D eigenvalue weighted by atomic mass is 16.5. The summed E-state index contributed by atoms with van der Waals surface area (Å²) in [5.41, 5.74) is 1.34. The van der Waals surface area contributed by atoms with Crippen molar-refractivity contribution in [2.24, 2.45) is 10.9 Å². The number of piperidine rings is 1. The summed E-state index contributed by atoms with van der Waals surface area (Å²) < 4.78 is 10.4. The molecule has 0 bridgehead atoms. The fourth-order valence-electron chi connectivity index (χ4n) is 3.75. The summed E-state index contributed by atoms with van der Waals surface area (Å²) in [4.78, 5) is 7.34. The molecule has 0 saturated carbocycles. The van der Waals surface area contributed by atoms with E-state index in [2.05, 4.69) is 53.8 Å². The van der Waals surface area contributed by atoms with E-state index in [-0.39, 0.29) is 0 Å². The molecule has 1 aliphatic rings. The lowest BCUT2D eigenvalue weighted by molar-refractivity contribution is 0.125. The number of benzene rings is 1. The molecule has 152 valence electrons. The Kier molecular flexibility index (Phi) is 9.42. The van der Waals surface area contributed by atoms with Gasteiger partial charge in [-0.1, -0.05) is 12.1 Å². The summed E-state index contributed by atoms with van der Waals surface area (Å²) in [7, 11) is 5.66. The molecule has 1 fully saturated rings. The van der Waals surface area contributed by atoms with E-state index in [1.807, 2.05) is 0 Å². The predicted octanol–water partition coefficient (Wildman–Crippen LogP) is 2.67. The Morgan fingerprint density at radius 1 is 1.22 bits per heavy atom. The van der Waals surface area contributed by atoms with Crippen molar-refractivity contribution in [3.05, 3.63) is 29.8 Å². The molecule has 1 aromatic carbocycles. The number of hydrogen-bond acceptors (Lipinski definition) is 4. The highest BCUT2D eigenvalue weighted by molar-refractivity contribution is 5.79. The molecular formula is C21H36N4O2. The monoisotopic (exact) mass is 376 g/mol. The van der Waals surface area contributed by atoms with Gasteiger partial charge in [0.25, 0.3) is 0 Å². The van der Waals surface area contributed by atoms with Crippen molar-refractivity contribution in [1.82, 2.24) is 15.5 Å². The van der Waals surface area contributed by atoms with Crippen LogP contribution in [0.2, 0.25) is 0 Å². The van der Waals surface area contributed by atoms with Crippen LogP contribution in [0.15, 0.2) is 29.3 Å². The van der Waals surface area contributed by atoms with Gasteiger partial charge in [0.05, 0.1) is 7.11 Å². The van der Waals surface area contributed by atoms with Crippen molar-refractivity contribution >= 4 is 5.96 Å². The van der Waals surface area contributed by atoms with E-state index >= 15 is 0 Å². The SMILES string of the molecule is CCNC(=NCC1CCCN(C)C1c1ccc(OC)cc1)NCCCOC. The molecule has 2 atom stereocenters. The van der Waals surface area contributed by atoms with Crippen LogP contribution in [0.5, 0.6) is 5.75 Å². The number of rotatable bonds is 9. The molecule has 0 aromatic heterocycles. The molecule has 1 heterocycles. The van der Waals surface area contributed by atoms with Crippen molar-refractivity contribution in [2.45, 2.75) is 32.2 Å². The third-order valence-electron chi connectivity index (χ3n) is 5.11. The molecule has 0 amide bonds. The number of nitrogens with zero attached hydrogens (tertiary/aromatic N) is 2. The summed E-state index contributed by atoms with van der Waals surface area (Å²) in [6.07, 6.45) is 3.40. The molecule has 2 unspecified atom stereocenters. The van der Waals surface area contributed by atoms with Crippen LogP contribution in [0.25, 0.3) is 0 Å². The second-order valence-electron chi connectivity index (χ2n) is 7.09. The minimum atomic E-state index is 0.393. The van der Waals surface area contributed by atoms with E-state index in [4.69, 9.17) is 14.5 Å². The average molecular weight is 377 g/mol. The second kappa shape index (κ2) is 11.8. The lowest BCUT2D eigenvalue weighted by Crippen LogP contribution is -2.40. The molecule has 0 radical (unpaired) electrons. The fourth-order valence-corrected chi connectivity index (χ4v) is 3.75. The van der Waals surface area contributed by atoms with Gasteiger partial charge in [-0.3, -0.25) is 9.89 Å². The zero-order valence-electron chi connectivity index (χ0n) is 17.3. The fraction of sp³-hybridized carbons (Fsp3) is 0.667. The van der Waals surface area contributed by atoms with Crippen molar-refractivity contribution in [3.63, 3.8) is 0 Å². The highest BCUT2D eigenvalue weighted by Gasteiger charge is 2.30. The molecule has 2 rings (SSSR count). The van der Waals surface area contributed by atoms with Crippen LogP contribution in [0.1, 0.15) is 37.8 Å². The molecule has 0 spiro atoms. The Labute approximate surface area is 164 Å². The van der Waals surface area contributed by atoms with Crippen LogP contribution in [0.3, 0.4) is 0 Å². The summed E-state index contributed by atoms with van der Waals surface area (Å²) >= 11 is 0. The Balaban J connectivity index is 2.04. The number of methoxy groups -OCH3 is 2. The van der Waals surface area contributed by atoms with Crippen molar-refractivity contribution in [2.75, 3.05) is 54.1 Å². The van der Waals surface area contributed by atoms with Crippen LogP contribution >= 0.6 is 0 Å². The molecule has 6 nitrogen and oxygen atoms in total. The van der Waals surface area contributed by atoms with Gasteiger partial charge in [-0.25, -0.2) is 0 Å². The smallest absolute Gasteiger partial charge is 0.191 e. The molecule has 27 heavy (non-hydrogen) atoms. The lowest BCUT2D eigenvalue weighted by Gasteiger charge is -2.39. The van der Waals surface area contributed by atoms with Gasteiger partial charge in [-0.05, 0) is 63.4 Å². The maximum absolute atomic E-state index is 5.31. The molecule has 0 aliphatic carbocycles. The summed E-state index contributed by atoms with van der Waals surface area (Å²) in [6, 6.07) is 8.88. The average Bonchev–Trinajstić information content (AvgIpc) is 2.69. The molecule has 6 heteroatoms. The van der Waals surface area contributed by atoms with E-state index in [0.717, 1.165) is 50.9 Å². The Hall–Kier alpha value is -1.79. The first-order valence-corrected chi connectivity index (χ1v) is 10.0. The standard InChI is InChI=1S/C21H36N4O2/c1-5-22-21(23-13-7-15-26-3)24-16-18-8-6-14-25(2)20(18)17-9-11-19(27-4)12-10-17/h9-12,18,20H,5-8,13-16H2,1-4H3,(H2,22,23,24). The molecule has 2 N–H and O–H groups in total. The molecular weight excluding hydrogens is 340 g/mol. The summed E-state index contributed by atoms with van der Waals surface area (Å²) in [6.45, 7) is 6.54. The number of likely N-dealkylation sites (tertiary alicyclic amines) is 1. The Morgan fingerprint density at radius 2 is 2.00 bits per heavy atom. The first-order valence-electron chi connectivity index (χ1n) is 10.0. The van der Waals surface area contributed by atoms with Gasteiger partial charge in [0, 0.05) is 39.4 Å². The quantitative estimate of drug-likeness (QED) is 0.394. The van der Waals surface area contributed by atoms with Gasteiger partial charge in [0.2, 0.25) is 0 Å². The van der Waals surface area contributed by atoms with Gasteiger partial charge in [-0.2, -0.15) is 0 Å². The zero-order chi connectivity index (χ0) is 19.5. The highest BCUT2D eigenvalue weighted by Crippen LogP contribution is 2.35. The van der Waals surface area contributed by atoms with Crippen LogP contribution in [0.4, 0.5) is 0 Å². The van der Waals surface area contributed by atoms with Gasteiger partial charge in [0.1, 0.15) is 5.75 Å². The number of nitrogens with one attached hydrogen (secondary N) is 2. The number of aliphatic imine (C=N–C) groups is 1. The van der Waals surface area contributed by atoms with Crippen LogP contribution in [-0.4, -0.2) is 64.9 Å². The van der Waals surface area contributed by atoms with Gasteiger partial charge < -0.3 is 20.1 Å². The third kappa shape index (κ3) is 6.70. The van der Waals surface area contributed by atoms with E-state index < -0.39 is 0 Å². The summed E-state index contributed by atoms with van der Waals surface area (Å²) in [5, 5.41) is 6.75. The number of guanidine groups is 1. The second-order valence-corrected chi connectivity index (χ2v) is 7.09. The van der Waals surface area contributed by atoms with E-state index in [1.165, 1.54) is 18.4 Å². The lowest BCUT2D eigenvalue weighted by atomic mass is 9.85. The first kappa shape index (κ1) is 21.5. The predicted molar refractivity (Wildman–Crippen MR) is 112 cm³/mol. The molecule has 1 aromatic rings. The van der Waals surface area contributed by atoms with Gasteiger partial charge >= 0.3 is 0 Å². The van der Waals surface area contributed by atoms with Crippen molar-refractivity contribution < 1.29 is 9.47 Å². The normalized spacial score (nSPS) is 21.1. The minimum Gasteiger partial charge on any atom is -0.497 e. The zero-order valence-corrected chi connectivity index (χ0v) is 17.3. The largest absolute Gasteiger partial charge is 0.497 e. The first-order chi connectivity index (χ1) is 13.2. The molecule has 1 aliphatic heterocycles. The van der Waals surface area contributed by atoms with E-state index in [1.54, 1.807) is 14.2 Å².